The highest BCUT2D eigenvalue weighted by Crippen LogP contribution is 2.38. The summed E-state index contributed by atoms with van der Waals surface area (Å²) < 4.78 is 5.38. The van der Waals surface area contributed by atoms with Gasteiger partial charge in [-0.15, -0.1) is 11.3 Å². The molecule has 2 heterocycles. The molecule has 126 valence electrons. The molecule has 0 spiro atoms. The average molecular weight is 345 g/mol. The van der Waals surface area contributed by atoms with Crippen LogP contribution in [-0.4, -0.2) is 27.9 Å². The summed E-state index contributed by atoms with van der Waals surface area (Å²) in [6.45, 7) is 3.63. The van der Waals surface area contributed by atoms with Gasteiger partial charge in [0, 0.05) is 17.3 Å². The molecular weight excluding hydrogens is 326 g/mol. The summed E-state index contributed by atoms with van der Waals surface area (Å²) in [7, 11) is 0. The van der Waals surface area contributed by atoms with E-state index in [1.54, 1.807) is 0 Å². The van der Waals surface area contributed by atoms with Gasteiger partial charge >= 0.3 is 5.97 Å². The van der Waals surface area contributed by atoms with Gasteiger partial charge < -0.3 is 10.1 Å². The predicted octanol–water partition coefficient (Wildman–Crippen LogP) is 3.23. The maximum absolute atomic E-state index is 12.5. The van der Waals surface area contributed by atoms with E-state index >= 15 is 0 Å². The highest BCUT2D eigenvalue weighted by molar-refractivity contribution is 7.17. The first-order valence-corrected chi connectivity index (χ1v) is 8.80. The van der Waals surface area contributed by atoms with Crippen LogP contribution in [0.1, 0.15) is 58.0 Å². The molecule has 6 nitrogen and oxygen atoms in total. The van der Waals surface area contributed by atoms with Gasteiger partial charge in [0.1, 0.15) is 10.7 Å². The third kappa shape index (κ3) is 3.46. The van der Waals surface area contributed by atoms with Gasteiger partial charge in [0.25, 0.3) is 5.91 Å². The Morgan fingerprint density at radius 3 is 2.75 bits per heavy atom. The van der Waals surface area contributed by atoms with Gasteiger partial charge in [0.2, 0.25) is 0 Å². The Balaban J connectivity index is 1.93. The Morgan fingerprint density at radius 2 is 2.04 bits per heavy atom. The van der Waals surface area contributed by atoms with Gasteiger partial charge in [-0.3, -0.25) is 9.78 Å². The number of hydrogen-bond acceptors (Lipinski definition) is 6. The molecule has 1 aliphatic rings. The van der Waals surface area contributed by atoms with E-state index < -0.39 is 0 Å². The first-order valence-electron chi connectivity index (χ1n) is 7.99. The molecule has 24 heavy (non-hydrogen) atoms. The number of amides is 1. The van der Waals surface area contributed by atoms with Gasteiger partial charge in [-0.25, -0.2) is 9.78 Å². The number of rotatable bonds is 4. The van der Waals surface area contributed by atoms with E-state index in [2.05, 4.69) is 15.3 Å². The Morgan fingerprint density at radius 1 is 1.25 bits per heavy atom. The number of carbonyl (C=O) groups excluding carboxylic acids is 2. The van der Waals surface area contributed by atoms with Crippen molar-refractivity contribution < 1.29 is 14.3 Å². The number of hydrogen-bond donors (Lipinski definition) is 1. The second-order valence-corrected chi connectivity index (χ2v) is 7.02. The maximum atomic E-state index is 12.5. The van der Waals surface area contributed by atoms with Crippen molar-refractivity contribution in [1.82, 2.24) is 9.97 Å². The molecule has 2 aromatic heterocycles. The van der Waals surface area contributed by atoms with Gasteiger partial charge in [-0.1, -0.05) is 0 Å². The van der Waals surface area contributed by atoms with Crippen LogP contribution >= 0.6 is 11.3 Å². The average Bonchev–Trinajstić information content (AvgIpc) is 2.92. The van der Waals surface area contributed by atoms with Crippen molar-refractivity contribution in [3.8, 4) is 0 Å². The van der Waals surface area contributed by atoms with Gasteiger partial charge in [0.15, 0.2) is 0 Å². The van der Waals surface area contributed by atoms with Crippen molar-refractivity contribution in [2.24, 2.45) is 0 Å². The number of esters is 1. The molecular formula is C17H19N3O3S. The fraction of sp³-hybridized carbons (Fsp3) is 0.412. The highest BCUT2D eigenvalue weighted by Gasteiger charge is 2.28. The van der Waals surface area contributed by atoms with Gasteiger partial charge in [-0.2, -0.15) is 0 Å². The molecule has 0 saturated carbocycles. The van der Waals surface area contributed by atoms with E-state index in [1.807, 2.05) is 13.8 Å². The molecule has 0 saturated heterocycles. The zero-order chi connectivity index (χ0) is 17.1. The third-order valence-corrected chi connectivity index (χ3v) is 4.95. The van der Waals surface area contributed by atoms with Crippen LogP contribution in [0.5, 0.6) is 0 Å². The molecule has 0 aromatic carbocycles. The number of fused-ring (bicyclic) bond motifs is 1. The monoisotopic (exact) mass is 345 g/mol. The Bertz CT molecular complexity index is 756. The molecule has 1 amide bonds. The SMILES string of the molecule is CC(C)OC(=O)c1c(NC(=O)c2cnccn2)sc2c1CCCC2. The van der Waals surface area contributed by atoms with E-state index in [-0.39, 0.29) is 23.7 Å². The van der Waals surface area contributed by atoms with Crippen LogP contribution in [0.2, 0.25) is 0 Å². The van der Waals surface area contributed by atoms with Crippen LogP contribution in [0.4, 0.5) is 5.00 Å². The molecule has 0 fully saturated rings. The molecule has 1 N–H and O–H groups in total. The number of aromatic nitrogens is 2. The van der Waals surface area contributed by atoms with Crippen molar-refractivity contribution in [3.05, 3.63) is 40.3 Å². The highest BCUT2D eigenvalue weighted by atomic mass is 32.1. The molecule has 0 bridgehead atoms. The third-order valence-electron chi connectivity index (χ3n) is 3.74. The lowest BCUT2D eigenvalue weighted by Crippen LogP contribution is -2.18. The van der Waals surface area contributed by atoms with Crippen molar-refractivity contribution >= 4 is 28.2 Å². The van der Waals surface area contributed by atoms with E-state index in [4.69, 9.17) is 4.74 Å². The van der Waals surface area contributed by atoms with E-state index in [9.17, 15) is 9.59 Å². The van der Waals surface area contributed by atoms with Crippen LogP contribution in [0.15, 0.2) is 18.6 Å². The summed E-state index contributed by atoms with van der Waals surface area (Å²) in [5.74, 6) is -0.751. The summed E-state index contributed by atoms with van der Waals surface area (Å²) in [6.07, 6.45) is 8.08. The molecule has 0 atom stereocenters. The number of ether oxygens (including phenoxy) is 1. The van der Waals surface area contributed by atoms with E-state index in [1.165, 1.54) is 29.9 Å². The van der Waals surface area contributed by atoms with Crippen LogP contribution in [0.25, 0.3) is 0 Å². The number of nitrogens with zero attached hydrogens (tertiary/aromatic N) is 2. The van der Waals surface area contributed by atoms with Crippen molar-refractivity contribution in [2.75, 3.05) is 5.32 Å². The van der Waals surface area contributed by atoms with Crippen molar-refractivity contribution in [3.63, 3.8) is 0 Å². The number of aryl methyl sites for hydroxylation is 1. The van der Waals surface area contributed by atoms with Crippen molar-refractivity contribution in [1.29, 1.82) is 0 Å². The molecule has 2 aromatic rings. The van der Waals surface area contributed by atoms with Gasteiger partial charge in [0.05, 0.1) is 17.9 Å². The lowest BCUT2D eigenvalue weighted by molar-refractivity contribution is 0.0378. The maximum Gasteiger partial charge on any atom is 0.341 e. The summed E-state index contributed by atoms with van der Waals surface area (Å²) in [6, 6.07) is 0. The first kappa shape index (κ1) is 16.6. The van der Waals surface area contributed by atoms with Crippen LogP contribution in [-0.2, 0) is 17.6 Å². The van der Waals surface area contributed by atoms with E-state index in [0.717, 1.165) is 36.1 Å². The van der Waals surface area contributed by atoms with Crippen LogP contribution < -0.4 is 5.32 Å². The first-order chi connectivity index (χ1) is 11.6. The summed E-state index contributed by atoms with van der Waals surface area (Å²) >= 11 is 1.46. The number of nitrogens with one attached hydrogen (secondary N) is 1. The van der Waals surface area contributed by atoms with E-state index in [0.29, 0.717) is 10.6 Å². The fourth-order valence-corrected chi connectivity index (χ4v) is 4.00. The second kappa shape index (κ2) is 7.09. The summed E-state index contributed by atoms with van der Waals surface area (Å²) in [5.41, 5.74) is 1.74. The molecule has 7 heteroatoms. The lowest BCUT2D eigenvalue weighted by atomic mass is 9.95. The largest absolute Gasteiger partial charge is 0.459 e. The molecule has 0 aliphatic heterocycles. The zero-order valence-corrected chi connectivity index (χ0v) is 14.5. The second-order valence-electron chi connectivity index (χ2n) is 5.91. The van der Waals surface area contributed by atoms with Crippen LogP contribution in [0, 0.1) is 0 Å². The molecule has 1 aliphatic carbocycles. The van der Waals surface area contributed by atoms with Gasteiger partial charge in [-0.05, 0) is 45.1 Å². The topological polar surface area (TPSA) is 81.2 Å². The summed E-state index contributed by atoms with van der Waals surface area (Å²) in [4.78, 5) is 33.9. The number of anilines is 1. The van der Waals surface area contributed by atoms with Crippen molar-refractivity contribution in [2.45, 2.75) is 45.6 Å². The number of carbonyl (C=O) groups is 2. The Hall–Kier alpha value is -2.28. The standard InChI is InChI=1S/C17H19N3O3S/c1-10(2)23-17(22)14-11-5-3-4-6-13(11)24-16(14)20-15(21)12-9-18-7-8-19-12/h7-10H,3-6H2,1-2H3,(H,20,21). The quantitative estimate of drug-likeness (QED) is 0.860. The normalized spacial score (nSPS) is 13.5. The molecule has 3 rings (SSSR count). The smallest absolute Gasteiger partial charge is 0.341 e. The molecule has 0 radical (unpaired) electrons. The zero-order valence-electron chi connectivity index (χ0n) is 13.7. The number of thiophene rings is 1. The summed E-state index contributed by atoms with van der Waals surface area (Å²) in [5, 5.41) is 3.36. The predicted molar refractivity (Wildman–Crippen MR) is 91.5 cm³/mol. The minimum Gasteiger partial charge on any atom is -0.459 e. The Labute approximate surface area is 144 Å². The Kier molecular flexibility index (Phi) is 4.89. The fourth-order valence-electron chi connectivity index (χ4n) is 2.73. The van der Waals surface area contributed by atoms with Crippen LogP contribution in [0.3, 0.4) is 0 Å². The minimum atomic E-state index is -0.376. The lowest BCUT2D eigenvalue weighted by Gasteiger charge is -2.14. The molecule has 0 unspecified atom stereocenters. The minimum absolute atomic E-state index is 0.208.